The summed E-state index contributed by atoms with van der Waals surface area (Å²) >= 11 is 0. The molecular weight excluding hydrogens is 441 g/mol. The molecule has 0 bridgehead atoms. The molecule has 34 heavy (non-hydrogen) atoms. The van der Waals surface area contributed by atoms with Gasteiger partial charge in [0.15, 0.2) is 6.10 Å². The number of hydrogen-bond donors (Lipinski definition) is 1. The van der Waals surface area contributed by atoms with Crippen molar-refractivity contribution < 1.29 is 33.3 Å². The van der Waals surface area contributed by atoms with Crippen LogP contribution in [0.5, 0.6) is 11.5 Å². The van der Waals surface area contributed by atoms with Gasteiger partial charge < -0.3 is 24.2 Å². The minimum Gasteiger partial charge on any atom is -0.492 e. The Balaban J connectivity index is 1.89. The zero-order chi connectivity index (χ0) is 24.8. The Kier molecular flexibility index (Phi) is 11.9. The topological polar surface area (TPSA) is 85.3 Å². The van der Waals surface area contributed by atoms with Crippen LogP contribution in [0, 0.1) is 5.82 Å². The molecule has 0 aliphatic rings. The highest BCUT2D eigenvalue weighted by Crippen LogP contribution is 2.16. The molecule has 186 valence electrons. The molecule has 0 fully saturated rings. The number of unbranched alkanes of at least 4 members (excludes halogenated alkanes) is 3. The zero-order valence-electron chi connectivity index (χ0n) is 19.9. The molecule has 0 aliphatic heterocycles. The molecule has 2 aromatic rings. The highest BCUT2D eigenvalue weighted by Gasteiger charge is 2.18. The van der Waals surface area contributed by atoms with Crippen LogP contribution in [-0.2, 0) is 16.0 Å². The molecular formula is C26H34FNO6. The number of carboxylic acids is 1. The smallest absolute Gasteiger partial charge is 0.415 e. The number of rotatable bonds is 15. The lowest BCUT2D eigenvalue weighted by atomic mass is 10.1. The van der Waals surface area contributed by atoms with Gasteiger partial charge in [0.2, 0.25) is 0 Å². The number of nitrogens with zero attached hydrogens (tertiary/aromatic N) is 1. The van der Waals surface area contributed by atoms with Crippen LogP contribution in [0.15, 0.2) is 48.5 Å². The number of ether oxygens (including phenoxy) is 3. The molecule has 0 saturated heterocycles. The first kappa shape index (κ1) is 27.1. The van der Waals surface area contributed by atoms with Crippen molar-refractivity contribution in [1.82, 2.24) is 4.90 Å². The van der Waals surface area contributed by atoms with E-state index in [-0.39, 0.29) is 18.8 Å². The summed E-state index contributed by atoms with van der Waals surface area (Å²) in [5.41, 5.74) is 0.827. The van der Waals surface area contributed by atoms with Gasteiger partial charge in [0.05, 0.1) is 6.54 Å². The lowest BCUT2D eigenvalue weighted by Crippen LogP contribution is -2.37. The Labute approximate surface area is 200 Å². The predicted octanol–water partition coefficient (Wildman–Crippen LogP) is 5.32. The fraction of sp³-hybridized carbons (Fsp3) is 0.462. The second-order valence-electron chi connectivity index (χ2n) is 7.85. The van der Waals surface area contributed by atoms with E-state index in [1.165, 1.54) is 24.3 Å². The fourth-order valence-corrected chi connectivity index (χ4v) is 3.32. The van der Waals surface area contributed by atoms with Crippen LogP contribution in [0.2, 0.25) is 0 Å². The monoisotopic (exact) mass is 475 g/mol. The summed E-state index contributed by atoms with van der Waals surface area (Å²) in [6, 6.07) is 12.5. The van der Waals surface area contributed by atoms with Crippen molar-refractivity contribution in [3.8, 4) is 11.5 Å². The summed E-state index contributed by atoms with van der Waals surface area (Å²) in [4.78, 5) is 25.5. The Morgan fingerprint density at radius 2 is 1.62 bits per heavy atom. The predicted molar refractivity (Wildman–Crippen MR) is 127 cm³/mol. The molecule has 0 heterocycles. The minimum absolute atomic E-state index is 0.266. The van der Waals surface area contributed by atoms with Gasteiger partial charge in [-0.15, -0.1) is 0 Å². The van der Waals surface area contributed by atoms with Gasteiger partial charge in [0, 0.05) is 19.6 Å². The Bertz CT molecular complexity index is 872. The van der Waals surface area contributed by atoms with Crippen LogP contribution in [0.3, 0.4) is 0 Å². The molecule has 0 spiro atoms. The molecule has 1 unspecified atom stereocenters. The van der Waals surface area contributed by atoms with E-state index in [2.05, 4.69) is 6.92 Å². The van der Waals surface area contributed by atoms with Crippen molar-refractivity contribution in [2.75, 3.05) is 26.3 Å². The summed E-state index contributed by atoms with van der Waals surface area (Å²) in [6.07, 6.45) is 2.93. The molecule has 0 radical (unpaired) electrons. The van der Waals surface area contributed by atoms with Crippen molar-refractivity contribution in [2.45, 2.75) is 52.1 Å². The van der Waals surface area contributed by atoms with Crippen molar-refractivity contribution >= 4 is 12.1 Å². The maximum atomic E-state index is 13.1. The van der Waals surface area contributed by atoms with Crippen LogP contribution >= 0.6 is 0 Å². The molecule has 0 saturated carbocycles. The maximum Gasteiger partial charge on any atom is 0.415 e. The van der Waals surface area contributed by atoms with Gasteiger partial charge in [-0.25, -0.2) is 14.0 Å². The van der Waals surface area contributed by atoms with Crippen LogP contribution in [-0.4, -0.2) is 54.5 Å². The average molecular weight is 476 g/mol. The van der Waals surface area contributed by atoms with Gasteiger partial charge in [-0.05, 0) is 55.3 Å². The largest absolute Gasteiger partial charge is 0.492 e. The number of amides is 1. The van der Waals surface area contributed by atoms with E-state index in [1.54, 1.807) is 36.1 Å². The molecule has 1 amide bonds. The number of benzene rings is 2. The summed E-state index contributed by atoms with van der Waals surface area (Å²) < 4.78 is 29.5. The highest BCUT2D eigenvalue weighted by atomic mass is 19.1. The number of carbonyl (C=O) groups is 2. The second-order valence-corrected chi connectivity index (χ2v) is 7.85. The van der Waals surface area contributed by atoms with Crippen molar-refractivity contribution in [3.05, 3.63) is 59.9 Å². The van der Waals surface area contributed by atoms with E-state index in [0.29, 0.717) is 25.4 Å². The van der Waals surface area contributed by atoms with Gasteiger partial charge >= 0.3 is 12.1 Å². The fourth-order valence-electron chi connectivity index (χ4n) is 3.32. The molecule has 2 aromatic carbocycles. The lowest BCUT2D eigenvalue weighted by molar-refractivity contribution is -0.149. The number of halogens is 1. The normalized spacial score (nSPS) is 11.6. The number of carboxylic acid groups (broad SMARTS) is 1. The van der Waals surface area contributed by atoms with Gasteiger partial charge in [-0.3, -0.25) is 0 Å². The summed E-state index contributed by atoms with van der Waals surface area (Å²) in [7, 11) is 0. The van der Waals surface area contributed by atoms with Crippen LogP contribution in [0.1, 0.15) is 45.1 Å². The molecule has 1 N–H and O–H groups in total. The van der Waals surface area contributed by atoms with Crippen LogP contribution in [0.25, 0.3) is 0 Å². The number of aliphatic carboxylic acids is 1. The zero-order valence-corrected chi connectivity index (χ0v) is 19.9. The Morgan fingerprint density at radius 1 is 0.941 bits per heavy atom. The summed E-state index contributed by atoms with van der Waals surface area (Å²) in [5, 5.41) is 9.22. The first-order valence-electron chi connectivity index (χ1n) is 11.7. The van der Waals surface area contributed by atoms with E-state index in [1.807, 2.05) is 0 Å². The van der Waals surface area contributed by atoms with E-state index in [4.69, 9.17) is 14.2 Å². The first-order valence-corrected chi connectivity index (χ1v) is 11.7. The molecule has 1 atom stereocenters. The van der Waals surface area contributed by atoms with Gasteiger partial charge in [0.25, 0.3) is 0 Å². The van der Waals surface area contributed by atoms with Crippen molar-refractivity contribution in [2.24, 2.45) is 0 Å². The lowest BCUT2D eigenvalue weighted by Gasteiger charge is -2.22. The van der Waals surface area contributed by atoms with Crippen LogP contribution in [0.4, 0.5) is 9.18 Å². The van der Waals surface area contributed by atoms with E-state index in [9.17, 15) is 19.1 Å². The summed E-state index contributed by atoms with van der Waals surface area (Å²) in [6.45, 7) is 5.35. The quantitative estimate of drug-likeness (QED) is 0.351. The van der Waals surface area contributed by atoms with Gasteiger partial charge in [-0.1, -0.05) is 38.3 Å². The molecule has 0 aromatic heterocycles. The Morgan fingerprint density at radius 3 is 2.24 bits per heavy atom. The number of hydrogen-bond acceptors (Lipinski definition) is 5. The van der Waals surface area contributed by atoms with E-state index < -0.39 is 24.0 Å². The van der Waals surface area contributed by atoms with E-state index in [0.717, 1.165) is 31.2 Å². The highest BCUT2D eigenvalue weighted by molar-refractivity contribution is 5.72. The minimum atomic E-state index is -0.992. The van der Waals surface area contributed by atoms with Crippen molar-refractivity contribution in [3.63, 3.8) is 0 Å². The first-order chi connectivity index (χ1) is 16.4. The molecule has 7 nitrogen and oxygen atoms in total. The van der Waals surface area contributed by atoms with Crippen LogP contribution < -0.4 is 9.47 Å². The Hall–Kier alpha value is -3.13. The third-order valence-electron chi connectivity index (χ3n) is 5.18. The van der Waals surface area contributed by atoms with Gasteiger partial charge in [-0.2, -0.15) is 0 Å². The van der Waals surface area contributed by atoms with E-state index >= 15 is 0 Å². The third-order valence-corrected chi connectivity index (χ3v) is 5.18. The maximum absolute atomic E-state index is 13.1. The number of carbonyl (C=O) groups excluding carboxylic acids is 1. The third kappa shape index (κ3) is 9.79. The second kappa shape index (κ2) is 14.9. The standard InChI is InChI=1S/C26H34FNO6/c1-3-5-6-7-16-28(26(31)34-23-14-10-21(27)11-15-23)17-18-33-22-12-8-20(9-13-22)19-24(25(29)30)32-4-2/h8-15,24H,3-7,16-19H2,1-2H3,(H,29,30). The molecule has 2 rings (SSSR count). The van der Waals surface area contributed by atoms with Crippen molar-refractivity contribution in [1.29, 1.82) is 0 Å². The SMILES string of the molecule is CCCCCCN(CCOc1ccc(CC(OCC)C(=O)O)cc1)C(=O)Oc1ccc(F)cc1. The molecule has 0 aliphatic carbocycles. The average Bonchev–Trinajstić information content (AvgIpc) is 2.82. The van der Waals surface area contributed by atoms with Gasteiger partial charge in [0.1, 0.15) is 23.9 Å². The molecule has 8 heteroatoms. The summed E-state index contributed by atoms with van der Waals surface area (Å²) in [5.74, 6) is -0.487.